The van der Waals surface area contributed by atoms with Gasteiger partial charge in [0, 0.05) is 0 Å². The van der Waals surface area contributed by atoms with Crippen molar-refractivity contribution >= 4 is 29.4 Å². The topological polar surface area (TPSA) is 87.0 Å². The lowest BCUT2D eigenvalue weighted by Crippen LogP contribution is -2.40. The fourth-order valence-corrected chi connectivity index (χ4v) is 5.27. The van der Waals surface area contributed by atoms with Crippen LogP contribution in [0.15, 0.2) is 69.6 Å². The molecule has 0 radical (unpaired) electrons. The minimum absolute atomic E-state index is 0.249. The molecule has 7 nitrogen and oxygen atoms in total. The summed E-state index contributed by atoms with van der Waals surface area (Å²) in [7, 11) is 1.32. The quantitative estimate of drug-likeness (QED) is 0.459. The van der Waals surface area contributed by atoms with Gasteiger partial charge in [0.25, 0.3) is 5.56 Å². The fourth-order valence-electron chi connectivity index (χ4n) is 4.22. The van der Waals surface area contributed by atoms with Crippen LogP contribution in [-0.2, 0) is 14.3 Å². The summed E-state index contributed by atoms with van der Waals surface area (Å²) in [6.07, 6.45) is 1.50. The number of aromatic nitrogens is 1. The highest BCUT2D eigenvalue weighted by Crippen LogP contribution is 2.31. The van der Waals surface area contributed by atoms with Crippen LogP contribution in [0.4, 0.5) is 0 Å². The second kappa shape index (κ2) is 10.7. The smallest absolute Gasteiger partial charge is 0.338 e. The normalized spacial score (nSPS) is 15.6. The van der Waals surface area contributed by atoms with E-state index in [1.165, 1.54) is 28.6 Å². The molecule has 3 aromatic rings. The van der Waals surface area contributed by atoms with Gasteiger partial charge in [-0.2, -0.15) is 0 Å². The second-order valence-electron chi connectivity index (χ2n) is 9.47. The molecule has 0 bridgehead atoms. The Kier molecular flexibility index (Phi) is 7.59. The number of esters is 2. The Labute approximate surface area is 219 Å². The lowest BCUT2D eigenvalue weighted by Gasteiger charge is -2.25. The third-order valence-electron chi connectivity index (χ3n) is 6.13. The van der Waals surface area contributed by atoms with Gasteiger partial charge in [-0.15, -0.1) is 0 Å². The summed E-state index contributed by atoms with van der Waals surface area (Å²) < 4.78 is 12.4. The number of ether oxygens (including phenoxy) is 2. The number of benzene rings is 2. The zero-order chi connectivity index (χ0) is 26.9. The van der Waals surface area contributed by atoms with E-state index in [4.69, 9.17) is 9.47 Å². The first-order valence-electron chi connectivity index (χ1n) is 12.1. The van der Waals surface area contributed by atoms with Crippen molar-refractivity contribution in [3.8, 4) is 0 Å². The number of allylic oxidation sites excluding steroid dienone is 1. The largest absolute Gasteiger partial charge is 0.465 e. The van der Waals surface area contributed by atoms with E-state index in [9.17, 15) is 14.4 Å². The first-order chi connectivity index (χ1) is 17.6. The van der Waals surface area contributed by atoms with Crippen molar-refractivity contribution in [1.29, 1.82) is 0 Å². The summed E-state index contributed by atoms with van der Waals surface area (Å²) in [5.74, 6) is -0.584. The summed E-state index contributed by atoms with van der Waals surface area (Å²) in [6, 6.07) is 14.0. The lowest BCUT2D eigenvalue weighted by atomic mass is 9.95. The molecule has 1 aliphatic heterocycles. The Bertz CT molecular complexity index is 1540. The highest BCUT2D eigenvalue weighted by molar-refractivity contribution is 7.07. The third-order valence-corrected chi connectivity index (χ3v) is 7.12. The molecule has 0 amide bonds. The van der Waals surface area contributed by atoms with E-state index >= 15 is 0 Å². The van der Waals surface area contributed by atoms with E-state index in [0.29, 0.717) is 37.6 Å². The number of fused-ring (bicyclic) bond motifs is 1. The standard InChI is InChI=1S/C29H30N2O5S/c1-16(2)20-9-7-19(8-10-20)15-23-26(32)31-25(21-11-13-22(14-12-21)27(33)35-6)24(28(34)36-17(3)4)18(5)30-29(31)37-23/h7-17,25H,1-6H3. The first kappa shape index (κ1) is 26.3. The minimum atomic E-state index is -0.750. The Morgan fingerprint density at radius 1 is 1.00 bits per heavy atom. The number of thiazole rings is 1. The van der Waals surface area contributed by atoms with Gasteiger partial charge in [0.05, 0.1) is 40.6 Å². The highest BCUT2D eigenvalue weighted by Gasteiger charge is 2.33. The molecule has 37 heavy (non-hydrogen) atoms. The van der Waals surface area contributed by atoms with Gasteiger partial charge in [0.2, 0.25) is 0 Å². The second-order valence-corrected chi connectivity index (χ2v) is 10.5. The molecule has 1 aromatic heterocycles. The molecular formula is C29H30N2O5S. The Morgan fingerprint density at radius 3 is 2.22 bits per heavy atom. The molecule has 1 atom stereocenters. The molecule has 2 aromatic carbocycles. The van der Waals surface area contributed by atoms with E-state index < -0.39 is 18.0 Å². The van der Waals surface area contributed by atoms with Crippen molar-refractivity contribution in [2.75, 3.05) is 7.11 Å². The van der Waals surface area contributed by atoms with E-state index in [0.717, 1.165) is 5.56 Å². The summed E-state index contributed by atoms with van der Waals surface area (Å²) in [5.41, 5.74) is 3.69. The van der Waals surface area contributed by atoms with Gasteiger partial charge in [-0.05, 0) is 61.6 Å². The van der Waals surface area contributed by atoms with Gasteiger partial charge in [0.1, 0.15) is 0 Å². The monoisotopic (exact) mass is 518 g/mol. The fraction of sp³-hybridized carbons (Fsp3) is 0.310. The molecule has 8 heteroatoms. The molecule has 2 heterocycles. The summed E-state index contributed by atoms with van der Waals surface area (Å²) >= 11 is 1.28. The predicted octanol–water partition coefficient (Wildman–Crippen LogP) is 4.10. The van der Waals surface area contributed by atoms with Crippen LogP contribution in [0.25, 0.3) is 6.08 Å². The first-order valence-corrected chi connectivity index (χ1v) is 12.9. The van der Waals surface area contributed by atoms with Crippen molar-refractivity contribution in [3.05, 3.63) is 102 Å². The van der Waals surface area contributed by atoms with Crippen molar-refractivity contribution in [3.63, 3.8) is 0 Å². The molecule has 1 aliphatic rings. The van der Waals surface area contributed by atoms with Crippen LogP contribution in [-0.4, -0.2) is 29.7 Å². The predicted molar refractivity (Wildman–Crippen MR) is 143 cm³/mol. The van der Waals surface area contributed by atoms with Gasteiger partial charge < -0.3 is 9.47 Å². The number of hydrogen-bond acceptors (Lipinski definition) is 7. The van der Waals surface area contributed by atoms with Gasteiger partial charge in [0.15, 0.2) is 4.80 Å². The Hall–Kier alpha value is -3.78. The highest BCUT2D eigenvalue weighted by atomic mass is 32.1. The van der Waals surface area contributed by atoms with Crippen LogP contribution >= 0.6 is 11.3 Å². The van der Waals surface area contributed by atoms with Crippen LogP contribution in [0.5, 0.6) is 0 Å². The Balaban J connectivity index is 1.88. The molecule has 0 saturated heterocycles. The van der Waals surface area contributed by atoms with Gasteiger partial charge in [-0.25, -0.2) is 14.6 Å². The molecule has 0 fully saturated rings. The van der Waals surface area contributed by atoms with E-state index in [1.54, 1.807) is 45.0 Å². The van der Waals surface area contributed by atoms with Crippen molar-refractivity contribution in [2.45, 2.75) is 52.7 Å². The minimum Gasteiger partial charge on any atom is -0.465 e. The summed E-state index contributed by atoms with van der Waals surface area (Å²) in [6.45, 7) is 9.56. The van der Waals surface area contributed by atoms with E-state index in [2.05, 4.69) is 31.0 Å². The van der Waals surface area contributed by atoms with Crippen LogP contribution in [0.2, 0.25) is 0 Å². The van der Waals surface area contributed by atoms with Crippen molar-refractivity contribution in [2.24, 2.45) is 4.99 Å². The number of rotatable bonds is 6. The van der Waals surface area contributed by atoms with Crippen molar-refractivity contribution in [1.82, 2.24) is 4.57 Å². The number of methoxy groups -OCH3 is 1. The average Bonchev–Trinajstić information content (AvgIpc) is 3.16. The summed E-state index contributed by atoms with van der Waals surface area (Å²) in [4.78, 5) is 44.0. The van der Waals surface area contributed by atoms with Crippen LogP contribution < -0.4 is 14.9 Å². The van der Waals surface area contributed by atoms with Crippen molar-refractivity contribution < 1.29 is 19.1 Å². The number of hydrogen-bond donors (Lipinski definition) is 0. The average molecular weight is 519 g/mol. The molecule has 1 unspecified atom stereocenters. The van der Waals surface area contributed by atoms with Gasteiger partial charge in [-0.3, -0.25) is 9.36 Å². The molecule has 0 N–H and O–H groups in total. The summed E-state index contributed by atoms with van der Waals surface area (Å²) in [5, 5.41) is 0. The van der Waals surface area contributed by atoms with E-state index in [1.807, 2.05) is 18.2 Å². The maximum absolute atomic E-state index is 13.7. The zero-order valence-electron chi connectivity index (χ0n) is 21.8. The lowest BCUT2D eigenvalue weighted by molar-refractivity contribution is -0.143. The molecular weight excluding hydrogens is 488 g/mol. The Morgan fingerprint density at radius 2 is 1.65 bits per heavy atom. The third kappa shape index (κ3) is 5.34. The number of carbonyl (C=O) groups is 2. The van der Waals surface area contributed by atoms with E-state index in [-0.39, 0.29) is 11.7 Å². The SMILES string of the molecule is COC(=O)c1ccc(C2C(C(=O)OC(C)C)=C(C)N=c3sc(=Cc4ccc(C(C)C)cc4)c(=O)n32)cc1. The number of carbonyl (C=O) groups excluding carboxylic acids is 2. The zero-order valence-corrected chi connectivity index (χ0v) is 22.6. The molecule has 0 aliphatic carbocycles. The molecule has 0 saturated carbocycles. The maximum atomic E-state index is 13.7. The van der Waals surface area contributed by atoms with Crippen LogP contribution in [0.1, 0.15) is 73.6 Å². The van der Waals surface area contributed by atoms with Crippen LogP contribution in [0.3, 0.4) is 0 Å². The van der Waals surface area contributed by atoms with Crippen LogP contribution in [0, 0.1) is 0 Å². The molecule has 192 valence electrons. The van der Waals surface area contributed by atoms with Gasteiger partial charge >= 0.3 is 11.9 Å². The maximum Gasteiger partial charge on any atom is 0.338 e. The van der Waals surface area contributed by atoms with Gasteiger partial charge in [-0.1, -0.05) is 61.6 Å². The number of nitrogens with zero attached hydrogens (tertiary/aromatic N) is 2. The molecule has 0 spiro atoms. The molecule has 4 rings (SSSR count).